The second-order valence-electron chi connectivity index (χ2n) is 3.30. The molecular weight excluding hydrogens is 224 g/mol. The SMILES string of the molecule is Nc1ccccc1-c1nc(CC(=O)O)cs1. The van der Waals surface area contributed by atoms with Crippen molar-refractivity contribution in [1.29, 1.82) is 0 Å². The minimum absolute atomic E-state index is 0.0523. The predicted molar refractivity (Wildman–Crippen MR) is 63.3 cm³/mol. The van der Waals surface area contributed by atoms with E-state index in [0.29, 0.717) is 11.4 Å². The van der Waals surface area contributed by atoms with Gasteiger partial charge in [0.15, 0.2) is 0 Å². The summed E-state index contributed by atoms with van der Waals surface area (Å²) in [4.78, 5) is 14.8. The van der Waals surface area contributed by atoms with E-state index in [0.717, 1.165) is 10.6 Å². The third kappa shape index (κ3) is 2.20. The molecule has 82 valence electrons. The zero-order valence-electron chi connectivity index (χ0n) is 8.38. The van der Waals surface area contributed by atoms with Crippen LogP contribution < -0.4 is 5.73 Å². The first kappa shape index (κ1) is 10.6. The number of rotatable bonds is 3. The molecule has 0 amide bonds. The van der Waals surface area contributed by atoms with Gasteiger partial charge in [0.25, 0.3) is 0 Å². The number of carboxylic acids is 1. The number of aliphatic carboxylic acids is 1. The number of hydrogen-bond acceptors (Lipinski definition) is 4. The van der Waals surface area contributed by atoms with Gasteiger partial charge in [0.2, 0.25) is 0 Å². The molecule has 16 heavy (non-hydrogen) atoms. The van der Waals surface area contributed by atoms with Crippen molar-refractivity contribution >= 4 is 23.0 Å². The molecule has 0 aliphatic heterocycles. The van der Waals surface area contributed by atoms with Crippen molar-refractivity contribution in [2.45, 2.75) is 6.42 Å². The summed E-state index contributed by atoms with van der Waals surface area (Å²) >= 11 is 1.40. The molecule has 0 aliphatic carbocycles. The molecule has 1 heterocycles. The monoisotopic (exact) mass is 234 g/mol. The zero-order chi connectivity index (χ0) is 11.5. The minimum Gasteiger partial charge on any atom is -0.481 e. The Kier molecular flexibility index (Phi) is 2.87. The van der Waals surface area contributed by atoms with Crippen molar-refractivity contribution in [3.05, 3.63) is 35.3 Å². The first-order valence-corrected chi connectivity index (χ1v) is 5.56. The quantitative estimate of drug-likeness (QED) is 0.796. The van der Waals surface area contributed by atoms with Gasteiger partial charge < -0.3 is 10.8 Å². The molecule has 0 spiro atoms. The standard InChI is InChI=1S/C11H10N2O2S/c12-9-4-2-1-3-8(9)11-13-7(6-16-11)5-10(14)15/h1-4,6H,5,12H2,(H,14,15). The molecule has 5 heteroatoms. The van der Waals surface area contributed by atoms with Gasteiger partial charge in [-0.25, -0.2) is 4.98 Å². The van der Waals surface area contributed by atoms with E-state index < -0.39 is 5.97 Å². The lowest BCUT2D eigenvalue weighted by Gasteiger charge is -1.99. The van der Waals surface area contributed by atoms with Crippen molar-refractivity contribution in [2.75, 3.05) is 5.73 Å². The summed E-state index contributed by atoms with van der Waals surface area (Å²) in [7, 11) is 0. The number of thiazole rings is 1. The van der Waals surface area contributed by atoms with Crippen molar-refractivity contribution in [3.8, 4) is 10.6 Å². The summed E-state index contributed by atoms with van der Waals surface area (Å²) in [5.74, 6) is -0.877. The first-order chi connectivity index (χ1) is 7.66. The molecular formula is C11H10N2O2S. The predicted octanol–water partition coefficient (Wildman–Crippen LogP) is 2.02. The number of hydrogen-bond donors (Lipinski definition) is 2. The van der Waals surface area contributed by atoms with E-state index in [4.69, 9.17) is 10.8 Å². The normalized spacial score (nSPS) is 10.2. The van der Waals surface area contributed by atoms with Crippen molar-refractivity contribution in [2.24, 2.45) is 0 Å². The van der Waals surface area contributed by atoms with Gasteiger partial charge >= 0.3 is 5.97 Å². The van der Waals surface area contributed by atoms with E-state index in [1.54, 1.807) is 11.4 Å². The summed E-state index contributed by atoms with van der Waals surface area (Å²) in [5.41, 5.74) is 7.88. The fourth-order valence-electron chi connectivity index (χ4n) is 1.36. The largest absolute Gasteiger partial charge is 0.481 e. The number of carbonyl (C=O) groups is 1. The Morgan fingerprint density at radius 3 is 2.88 bits per heavy atom. The van der Waals surface area contributed by atoms with Gasteiger partial charge in [0.1, 0.15) is 5.01 Å². The highest BCUT2D eigenvalue weighted by Gasteiger charge is 2.09. The number of nitrogens with zero attached hydrogens (tertiary/aromatic N) is 1. The van der Waals surface area contributed by atoms with E-state index in [1.807, 2.05) is 18.2 Å². The van der Waals surface area contributed by atoms with Gasteiger partial charge in [0, 0.05) is 16.6 Å². The van der Waals surface area contributed by atoms with Crippen LogP contribution >= 0.6 is 11.3 Å². The topological polar surface area (TPSA) is 76.2 Å². The molecule has 0 fully saturated rings. The molecule has 0 aliphatic rings. The molecule has 2 aromatic rings. The average Bonchev–Trinajstić information content (AvgIpc) is 2.66. The summed E-state index contributed by atoms with van der Waals surface area (Å²) in [6.45, 7) is 0. The van der Waals surface area contributed by atoms with Crippen molar-refractivity contribution < 1.29 is 9.90 Å². The van der Waals surface area contributed by atoms with E-state index in [2.05, 4.69) is 4.98 Å². The molecule has 0 saturated heterocycles. The molecule has 1 aromatic carbocycles. The summed E-state index contributed by atoms with van der Waals surface area (Å²) < 4.78 is 0. The number of para-hydroxylation sites is 1. The third-order valence-corrected chi connectivity index (χ3v) is 3.00. The molecule has 0 bridgehead atoms. The Labute approximate surface area is 96.4 Å². The molecule has 0 radical (unpaired) electrons. The maximum Gasteiger partial charge on any atom is 0.309 e. The Bertz CT molecular complexity index is 522. The number of benzene rings is 1. The maximum atomic E-state index is 10.5. The van der Waals surface area contributed by atoms with E-state index in [1.165, 1.54) is 11.3 Å². The third-order valence-electron chi connectivity index (χ3n) is 2.08. The number of nitrogen functional groups attached to an aromatic ring is 1. The Morgan fingerprint density at radius 2 is 2.19 bits per heavy atom. The smallest absolute Gasteiger partial charge is 0.309 e. The summed E-state index contributed by atoms with van der Waals surface area (Å²) in [6.07, 6.45) is -0.0523. The lowest BCUT2D eigenvalue weighted by Crippen LogP contribution is -2.00. The van der Waals surface area contributed by atoms with Crippen LogP contribution in [0.25, 0.3) is 10.6 Å². The Hall–Kier alpha value is -1.88. The second kappa shape index (κ2) is 4.32. The van der Waals surface area contributed by atoms with Crippen LogP contribution in [0.1, 0.15) is 5.69 Å². The van der Waals surface area contributed by atoms with Crippen LogP contribution in [0.3, 0.4) is 0 Å². The molecule has 0 atom stereocenters. The van der Waals surface area contributed by atoms with E-state index in [9.17, 15) is 4.79 Å². The first-order valence-electron chi connectivity index (χ1n) is 4.68. The number of anilines is 1. The molecule has 0 saturated carbocycles. The van der Waals surface area contributed by atoms with Crippen LogP contribution in [0.5, 0.6) is 0 Å². The van der Waals surface area contributed by atoms with Crippen LogP contribution in [0.2, 0.25) is 0 Å². The van der Waals surface area contributed by atoms with Gasteiger partial charge in [-0.15, -0.1) is 11.3 Å². The Morgan fingerprint density at radius 1 is 1.44 bits per heavy atom. The number of carboxylic acid groups (broad SMARTS) is 1. The van der Waals surface area contributed by atoms with Crippen LogP contribution in [0, 0.1) is 0 Å². The van der Waals surface area contributed by atoms with Gasteiger partial charge in [-0.05, 0) is 12.1 Å². The molecule has 2 rings (SSSR count). The van der Waals surface area contributed by atoms with Crippen LogP contribution in [0.4, 0.5) is 5.69 Å². The Balaban J connectivity index is 2.32. The second-order valence-corrected chi connectivity index (χ2v) is 4.16. The van der Waals surface area contributed by atoms with Crippen molar-refractivity contribution in [3.63, 3.8) is 0 Å². The van der Waals surface area contributed by atoms with Gasteiger partial charge in [-0.3, -0.25) is 4.79 Å². The summed E-state index contributed by atoms with van der Waals surface area (Å²) in [6, 6.07) is 7.40. The fourth-order valence-corrected chi connectivity index (χ4v) is 2.23. The van der Waals surface area contributed by atoms with E-state index >= 15 is 0 Å². The molecule has 4 nitrogen and oxygen atoms in total. The highest BCUT2D eigenvalue weighted by molar-refractivity contribution is 7.13. The molecule has 0 unspecified atom stereocenters. The van der Waals surface area contributed by atoms with Crippen LogP contribution in [-0.4, -0.2) is 16.1 Å². The number of nitrogens with two attached hydrogens (primary N) is 1. The zero-order valence-corrected chi connectivity index (χ0v) is 9.20. The molecule has 1 aromatic heterocycles. The average molecular weight is 234 g/mol. The van der Waals surface area contributed by atoms with Gasteiger partial charge in [-0.2, -0.15) is 0 Å². The van der Waals surface area contributed by atoms with Crippen molar-refractivity contribution in [1.82, 2.24) is 4.98 Å². The summed E-state index contributed by atoms with van der Waals surface area (Å²) in [5, 5.41) is 11.1. The van der Waals surface area contributed by atoms with Crippen LogP contribution in [-0.2, 0) is 11.2 Å². The minimum atomic E-state index is -0.877. The lowest BCUT2D eigenvalue weighted by molar-refractivity contribution is -0.136. The van der Waals surface area contributed by atoms with Crippen LogP contribution in [0.15, 0.2) is 29.6 Å². The fraction of sp³-hybridized carbons (Fsp3) is 0.0909. The highest BCUT2D eigenvalue weighted by atomic mass is 32.1. The van der Waals surface area contributed by atoms with Gasteiger partial charge in [-0.1, -0.05) is 12.1 Å². The lowest BCUT2D eigenvalue weighted by atomic mass is 10.2. The van der Waals surface area contributed by atoms with Gasteiger partial charge in [0.05, 0.1) is 12.1 Å². The number of aromatic nitrogens is 1. The maximum absolute atomic E-state index is 10.5. The molecule has 3 N–H and O–H groups in total. The van der Waals surface area contributed by atoms with E-state index in [-0.39, 0.29) is 6.42 Å². The highest BCUT2D eigenvalue weighted by Crippen LogP contribution is 2.28.